The van der Waals surface area contributed by atoms with Gasteiger partial charge in [0.05, 0.1) is 18.6 Å². The molecule has 0 aliphatic heterocycles. The van der Waals surface area contributed by atoms with Gasteiger partial charge in [0, 0.05) is 18.1 Å². The highest BCUT2D eigenvalue weighted by Crippen LogP contribution is 2.10. The molecule has 0 fully saturated rings. The average Bonchev–Trinajstić information content (AvgIpc) is 2.93. The van der Waals surface area contributed by atoms with Gasteiger partial charge < -0.3 is 14.5 Å². The molecule has 0 saturated carbocycles. The highest BCUT2D eigenvalue weighted by Gasteiger charge is 2.00. The van der Waals surface area contributed by atoms with Gasteiger partial charge in [-0.15, -0.1) is 0 Å². The molecule has 2 rings (SSSR count). The normalized spacial score (nSPS) is 11.6. The Morgan fingerprint density at radius 2 is 2.17 bits per heavy atom. The third-order valence-corrected chi connectivity index (χ3v) is 2.47. The third kappa shape index (κ3) is 2.95. The average molecular weight is 245 g/mol. The summed E-state index contributed by atoms with van der Waals surface area (Å²) in [6.45, 7) is 2.05. The molecule has 2 aromatic rings. The second kappa shape index (κ2) is 5.97. The number of aliphatic hydroxyl groups is 1. The molecule has 1 N–H and O–H groups in total. The molecule has 0 aliphatic rings. The van der Waals surface area contributed by atoms with Crippen LogP contribution in [-0.2, 0) is 4.84 Å². The van der Waals surface area contributed by atoms with Crippen molar-refractivity contribution in [2.75, 3.05) is 13.2 Å². The van der Waals surface area contributed by atoms with E-state index in [4.69, 9.17) is 9.94 Å². The lowest BCUT2D eigenvalue weighted by Crippen LogP contribution is -2.00. The molecule has 0 spiro atoms. The number of aromatic nitrogens is 2. The molecule has 0 bridgehead atoms. The van der Waals surface area contributed by atoms with Crippen LogP contribution in [0.2, 0.25) is 0 Å². The zero-order valence-corrected chi connectivity index (χ0v) is 10.2. The fraction of sp³-hybridized carbons (Fsp3) is 0.231. The molecule has 5 nitrogen and oxygen atoms in total. The maximum Gasteiger partial charge on any atom is 0.140 e. The summed E-state index contributed by atoms with van der Waals surface area (Å²) >= 11 is 0. The van der Waals surface area contributed by atoms with Gasteiger partial charge in [0.2, 0.25) is 0 Å². The van der Waals surface area contributed by atoms with Crippen LogP contribution in [0.5, 0.6) is 0 Å². The summed E-state index contributed by atoms with van der Waals surface area (Å²) in [6, 6.07) is 7.91. The first kappa shape index (κ1) is 12.3. The number of oxime groups is 1. The van der Waals surface area contributed by atoms with Gasteiger partial charge in [-0.25, -0.2) is 4.98 Å². The first-order valence-electron chi connectivity index (χ1n) is 5.67. The minimum Gasteiger partial charge on any atom is -0.393 e. The van der Waals surface area contributed by atoms with E-state index in [1.165, 1.54) is 0 Å². The first-order chi connectivity index (χ1) is 8.81. The van der Waals surface area contributed by atoms with Crippen molar-refractivity contribution < 1.29 is 9.94 Å². The number of hydrogen-bond acceptors (Lipinski definition) is 4. The largest absolute Gasteiger partial charge is 0.393 e. The van der Waals surface area contributed by atoms with Gasteiger partial charge in [-0.3, -0.25) is 0 Å². The van der Waals surface area contributed by atoms with E-state index in [-0.39, 0.29) is 13.2 Å². The molecular weight excluding hydrogens is 230 g/mol. The quantitative estimate of drug-likeness (QED) is 0.494. The zero-order chi connectivity index (χ0) is 12.8. The maximum absolute atomic E-state index is 8.59. The van der Waals surface area contributed by atoms with E-state index in [1.807, 2.05) is 42.0 Å². The topological polar surface area (TPSA) is 59.6 Å². The van der Waals surface area contributed by atoms with Crippen molar-refractivity contribution in [2.24, 2.45) is 5.16 Å². The molecule has 0 saturated heterocycles. The first-order valence-corrected chi connectivity index (χ1v) is 5.67. The lowest BCUT2D eigenvalue weighted by atomic mass is 10.1. The monoisotopic (exact) mass is 245 g/mol. The summed E-state index contributed by atoms with van der Waals surface area (Å²) in [4.78, 5) is 8.93. The Kier molecular flexibility index (Phi) is 4.09. The predicted molar refractivity (Wildman–Crippen MR) is 68.8 cm³/mol. The van der Waals surface area contributed by atoms with Crippen LogP contribution in [0.4, 0.5) is 0 Å². The lowest BCUT2D eigenvalue weighted by molar-refractivity contribution is 0.0986. The van der Waals surface area contributed by atoms with Crippen LogP contribution in [0.3, 0.4) is 0 Å². The highest BCUT2D eigenvalue weighted by atomic mass is 16.6. The number of aliphatic hydroxyl groups excluding tert-OH is 1. The van der Waals surface area contributed by atoms with Crippen molar-refractivity contribution in [1.82, 2.24) is 9.55 Å². The minimum atomic E-state index is -0.0314. The standard InChI is InChI=1S/C13H15N3O2/c1-11(15-18-9-8-17)12-2-4-13(5-3-12)16-7-6-14-10-16/h2-7,10,17H,8-9H2,1H3. The summed E-state index contributed by atoms with van der Waals surface area (Å²) in [5.41, 5.74) is 2.80. The Balaban J connectivity index is 2.10. The second-order valence-corrected chi connectivity index (χ2v) is 3.75. The molecule has 0 amide bonds. The molecule has 1 heterocycles. The molecule has 5 heteroatoms. The number of nitrogens with zero attached hydrogens (tertiary/aromatic N) is 3. The van der Waals surface area contributed by atoms with Crippen LogP contribution in [0.25, 0.3) is 5.69 Å². The molecule has 1 aromatic heterocycles. The van der Waals surface area contributed by atoms with Crippen molar-refractivity contribution in [3.05, 3.63) is 48.5 Å². The molecule has 0 radical (unpaired) electrons. The van der Waals surface area contributed by atoms with Crippen LogP contribution < -0.4 is 0 Å². The van der Waals surface area contributed by atoms with Crippen LogP contribution in [-0.4, -0.2) is 33.6 Å². The highest BCUT2D eigenvalue weighted by molar-refractivity contribution is 5.98. The second-order valence-electron chi connectivity index (χ2n) is 3.75. The summed E-state index contributed by atoms with van der Waals surface area (Å²) in [7, 11) is 0. The van der Waals surface area contributed by atoms with Crippen LogP contribution in [0.15, 0.2) is 48.1 Å². The lowest BCUT2D eigenvalue weighted by Gasteiger charge is -2.04. The van der Waals surface area contributed by atoms with Crippen molar-refractivity contribution in [3.8, 4) is 5.69 Å². The van der Waals surface area contributed by atoms with E-state index >= 15 is 0 Å². The Bertz CT molecular complexity index is 504. The van der Waals surface area contributed by atoms with Gasteiger partial charge in [0.25, 0.3) is 0 Å². The Morgan fingerprint density at radius 3 is 2.78 bits per heavy atom. The van der Waals surface area contributed by atoms with E-state index in [2.05, 4.69) is 10.1 Å². The number of imidazole rings is 1. The SMILES string of the molecule is CC(=NOCCO)c1ccc(-n2ccnc2)cc1. The summed E-state index contributed by atoms with van der Waals surface area (Å²) in [5.74, 6) is 0. The van der Waals surface area contributed by atoms with E-state index in [0.717, 1.165) is 17.0 Å². The van der Waals surface area contributed by atoms with E-state index in [9.17, 15) is 0 Å². The number of hydrogen-bond donors (Lipinski definition) is 1. The summed E-state index contributed by atoms with van der Waals surface area (Å²) < 4.78 is 1.93. The molecule has 0 aliphatic carbocycles. The van der Waals surface area contributed by atoms with Crippen molar-refractivity contribution in [3.63, 3.8) is 0 Å². The summed E-state index contributed by atoms with van der Waals surface area (Å²) in [6.07, 6.45) is 5.38. The molecule has 18 heavy (non-hydrogen) atoms. The van der Waals surface area contributed by atoms with E-state index in [0.29, 0.717) is 0 Å². The fourth-order valence-electron chi connectivity index (χ4n) is 1.52. The maximum atomic E-state index is 8.59. The van der Waals surface area contributed by atoms with Gasteiger partial charge in [0.1, 0.15) is 6.61 Å². The van der Waals surface area contributed by atoms with Gasteiger partial charge >= 0.3 is 0 Å². The van der Waals surface area contributed by atoms with Gasteiger partial charge in [0.15, 0.2) is 0 Å². The molecule has 1 aromatic carbocycles. The van der Waals surface area contributed by atoms with Gasteiger partial charge in [-0.1, -0.05) is 17.3 Å². The molecule has 0 unspecified atom stereocenters. The number of rotatable bonds is 5. The van der Waals surface area contributed by atoms with Gasteiger partial charge in [-0.2, -0.15) is 0 Å². The smallest absolute Gasteiger partial charge is 0.140 e. The van der Waals surface area contributed by atoms with Crippen LogP contribution >= 0.6 is 0 Å². The van der Waals surface area contributed by atoms with E-state index < -0.39 is 0 Å². The van der Waals surface area contributed by atoms with Crippen molar-refractivity contribution in [1.29, 1.82) is 0 Å². The van der Waals surface area contributed by atoms with Crippen molar-refractivity contribution >= 4 is 5.71 Å². The minimum absolute atomic E-state index is 0.0314. The van der Waals surface area contributed by atoms with Crippen LogP contribution in [0.1, 0.15) is 12.5 Å². The fourth-order valence-corrected chi connectivity index (χ4v) is 1.52. The van der Waals surface area contributed by atoms with Crippen LogP contribution in [0, 0.1) is 0 Å². The molecule has 0 atom stereocenters. The Hall–Kier alpha value is -2.14. The Morgan fingerprint density at radius 1 is 1.39 bits per heavy atom. The Labute approximate surface area is 105 Å². The number of benzene rings is 1. The van der Waals surface area contributed by atoms with E-state index in [1.54, 1.807) is 12.5 Å². The zero-order valence-electron chi connectivity index (χ0n) is 10.2. The molecular formula is C13H15N3O2. The third-order valence-electron chi connectivity index (χ3n) is 2.47. The van der Waals surface area contributed by atoms with Gasteiger partial charge in [-0.05, 0) is 24.6 Å². The predicted octanol–water partition coefficient (Wildman–Crippen LogP) is 1.61. The molecule has 94 valence electrons. The summed E-state index contributed by atoms with van der Waals surface area (Å²) in [5, 5.41) is 12.5. The van der Waals surface area contributed by atoms with Crippen molar-refractivity contribution in [2.45, 2.75) is 6.92 Å².